The fourth-order valence-corrected chi connectivity index (χ4v) is 5.41. The number of likely N-dealkylation sites (tertiary alicyclic amines) is 1. The molecule has 0 radical (unpaired) electrons. The van der Waals surface area contributed by atoms with E-state index in [1.807, 2.05) is 9.47 Å². The number of nitrogens with zero attached hydrogens (tertiary/aromatic N) is 4. The highest BCUT2D eigenvalue weighted by Gasteiger charge is 2.35. The van der Waals surface area contributed by atoms with E-state index in [1.54, 1.807) is 30.7 Å². The fraction of sp³-hybridized carbons (Fsp3) is 0.400. The molecule has 2 atom stereocenters. The summed E-state index contributed by atoms with van der Waals surface area (Å²) in [6.07, 6.45) is 2.60. The van der Waals surface area contributed by atoms with Crippen LogP contribution in [0.25, 0.3) is 21.5 Å². The van der Waals surface area contributed by atoms with Crippen LogP contribution in [0.15, 0.2) is 29.3 Å². The van der Waals surface area contributed by atoms with Crippen molar-refractivity contribution in [1.82, 2.24) is 19.4 Å². The Morgan fingerprint density at radius 3 is 2.85 bits per heavy atom. The lowest BCUT2D eigenvalue weighted by Gasteiger charge is -2.42. The topological polar surface area (TPSA) is 68.1 Å². The van der Waals surface area contributed by atoms with Gasteiger partial charge in [0.1, 0.15) is 11.2 Å². The third-order valence-corrected chi connectivity index (χ3v) is 6.69. The quantitative estimate of drug-likeness (QED) is 0.651. The van der Waals surface area contributed by atoms with Gasteiger partial charge in [0.15, 0.2) is 0 Å². The number of amides is 1. The standard InChI is InChI=1S/C20H20N4O2S/c1-11-3-16-19(21-10-22-20(16)27-11)14-5-17-15-4-13(7-23(9-15)12(2)25)8-24(17)18(26)6-14/h3,5-6,10,13,15H,4,7-9H2,1-2H3/t13-,15+/m0/s1. The van der Waals surface area contributed by atoms with Crippen molar-refractivity contribution in [2.24, 2.45) is 5.92 Å². The van der Waals surface area contributed by atoms with E-state index in [2.05, 4.69) is 29.0 Å². The number of fused-ring (bicyclic) bond motifs is 5. The number of aromatic nitrogens is 3. The Kier molecular flexibility index (Phi) is 3.69. The number of hydrogen-bond acceptors (Lipinski definition) is 5. The maximum Gasteiger partial charge on any atom is 0.251 e. The lowest BCUT2D eigenvalue weighted by molar-refractivity contribution is -0.131. The zero-order valence-corrected chi connectivity index (χ0v) is 16.1. The van der Waals surface area contributed by atoms with Gasteiger partial charge in [-0.2, -0.15) is 0 Å². The van der Waals surface area contributed by atoms with Crippen LogP contribution in [0.3, 0.4) is 0 Å². The summed E-state index contributed by atoms with van der Waals surface area (Å²) in [6.45, 7) is 5.80. The van der Waals surface area contributed by atoms with Crippen LogP contribution >= 0.6 is 11.3 Å². The molecule has 2 aliphatic heterocycles. The maximum atomic E-state index is 12.9. The molecule has 0 aliphatic carbocycles. The third-order valence-electron chi connectivity index (χ3n) is 5.73. The predicted molar refractivity (Wildman–Crippen MR) is 105 cm³/mol. The predicted octanol–water partition coefficient (Wildman–Crippen LogP) is 2.79. The van der Waals surface area contributed by atoms with E-state index in [0.29, 0.717) is 19.0 Å². The molecule has 3 aromatic heterocycles. The van der Waals surface area contributed by atoms with Gasteiger partial charge in [-0.25, -0.2) is 9.97 Å². The second-order valence-electron chi connectivity index (χ2n) is 7.64. The van der Waals surface area contributed by atoms with E-state index >= 15 is 0 Å². The molecule has 1 saturated heterocycles. The van der Waals surface area contributed by atoms with Gasteiger partial charge in [-0.1, -0.05) is 0 Å². The second-order valence-corrected chi connectivity index (χ2v) is 8.87. The van der Waals surface area contributed by atoms with Crippen LogP contribution in [0.1, 0.15) is 29.8 Å². The van der Waals surface area contributed by atoms with Gasteiger partial charge in [-0.3, -0.25) is 9.59 Å². The van der Waals surface area contributed by atoms with Crippen molar-refractivity contribution in [3.63, 3.8) is 0 Å². The monoisotopic (exact) mass is 380 g/mol. The molecular weight excluding hydrogens is 360 g/mol. The minimum atomic E-state index is 0.0205. The van der Waals surface area contributed by atoms with Crippen molar-refractivity contribution in [3.8, 4) is 11.3 Å². The van der Waals surface area contributed by atoms with E-state index in [-0.39, 0.29) is 17.4 Å². The Hall–Kier alpha value is -2.54. The van der Waals surface area contributed by atoms with Crippen LogP contribution in [-0.4, -0.2) is 38.4 Å². The highest BCUT2D eigenvalue weighted by Crippen LogP contribution is 2.37. The number of thiophene rings is 1. The minimum Gasteiger partial charge on any atom is -0.342 e. The maximum absolute atomic E-state index is 12.9. The van der Waals surface area contributed by atoms with Crippen LogP contribution in [0.4, 0.5) is 0 Å². The molecule has 27 heavy (non-hydrogen) atoms. The summed E-state index contributed by atoms with van der Waals surface area (Å²) < 4.78 is 1.90. The summed E-state index contributed by atoms with van der Waals surface area (Å²) in [7, 11) is 0. The molecular formula is C20H20N4O2S. The van der Waals surface area contributed by atoms with Gasteiger partial charge >= 0.3 is 0 Å². The summed E-state index contributed by atoms with van der Waals surface area (Å²) in [6, 6.07) is 5.88. The average Bonchev–Trinajstić information content (AvgIpc) is 3.02. The van der Waals surface area contributed by atoms with Gasteiger partial charge in [-0.15, -0.1) is 11.3 Å². The van der Waals surface area contributed by atoms with Crippen molar-refractivity contribution in [1.29, 1.82) is 0 Å². The molecule has 6 nitrogen and oxygen atoms in total. The number of piperidine rings is 1. The first-order valence-corrected chi connectivity index (χ1v) is 10.0. The molecule has 0 spiro atoms. The summed E-state index contributed by atoms with van der Waals surface area (Å²) >= 11 is 1.63. The van der Waals surface area contributed by atoms with Gasteiger partial charge in [0, 0.05) is 60.1 Å². The molecule has 1 fully saturated rings. The Morgan fingerprint density at radius 1 is 1.19 bits per heavy atom. The molecule has 7 heteroatoms. The molecule has 0 unspecified atom stereocenters. The zero-order chi connectivity index (χ0) is 18.7. The normalized spacial score (nSPS) is 21.3. The molecule has 0 aromatic carbocycles. The van der Waals surface area contributed by atoms with E-state index in [1.165, 1.54) is 4.88 Å². The molecule has 2 bridgehead atoms. The zero-order valence-electron chi connectivity index (χ0n) is 15.3. The smallest absolute Gasteiger partial charge is 0.251 e. The minimum absolute atomic E-state index is 0.0205. The summed E-state index contributed by atoms with van der Waals surface area (Å²) in [5, 5.41) is 0.993. The first-order chi connectivity index (χ1) is 13.0. The van der Waals surface area contributed by atoms with Gasteiger partial charge in [-0.05, 0) is 31.4 Å². The van der Waals surface area contributed by atoms with Crippen molar-refractivity contribution >= 4 is 27.5 Å². The summed E-state index contributed by atoms with van der Waals surface area (Å²) in [5.41, 5.74) is 2.70. The molecule has 1 amide bonds. The van der Waals surface area contributed by atoms with Gasteiger partial charge in [0.05, 0.1) is 5.69 Å². The Bertz CT molecular complexity index is 1130. The van der Waals surface area contributed by atoms with E-state index in [9.17, 15) is 9.59 Å². The van der Waals surface area contributed by atoms with Crippen molar-refractivity contribution < 1.29 is 4.79 Å². The average molecular weight is 380 g/mol. The molecule has 0 N–H and O–H groups in total. The number of hydrogen-bond donors (Lipinski definition) is 0. The van der Waals surface area contributed by atoms with E-state index in [0.717, 1.165) is 40.1 Å². The first-order valence-electron chi connectivity index (χ1n) is 9.21. The third kappa shape index (κ3) is 2.68. The van der Waals surface area contributed by atoms with Crippen LogP contribution in [0.5, 0.6) is 0 Å². The molecule has 0 saturated carbocycles. The van der Waals surface area contributed by atoms with Crippen LogP contribution in [0, 0.1) is 12.8 Å². The largest absolute Gasteiger partial charge is 0.342 e. The first kappa shape index (κ1) is 16.6. The SMILES string of the molecule is CC(=O)N1C[C@@H]2C[C@H](C1)c1cc(-c3ncnc4sc(C)cc34)cc(=O)n1C2. The number of carbonyl (C=O) groups excluding carboxylic acids is 1. The Labute approximate surface area is 160 Å². The Morgan fingerprint density at radius 2 is 2.04 bits per heavy atom. The van der Waals surface area contributed by atoms with Gasteiger partial charge < -0.3 is 9.47 Å². The number of carbonyl (C=O) groups is 1. The lowest BCUT2D eigenvalue weighted by Crippen LogP contribution is -2.48. The second kappa shape index (κ2) is 5.99. The van der Waals surface area contributed by atoms with Crippen molar-refractivity contribution in [2.75, 3.05) is 13.1 Å². The van der Waals surface area contributed by atoms with E-state index in [4.69, 9.17) is 0 Å². The van der Waals surface area contributed by atoms with Crippen molar-refractivity contribution in [2.45, 2.75) is 32.7 Å². The molecule has 2 aliphatic rings. The van der Waals surface area contributed by atoms with Crippen LogP contribution in [-0.2, 0) is 11.3 Å². The van der Waals surface area contributed by atoms with Crippen LogP contribution < -0.4 is 5.56 Å². The van der Waals surface area contributed by atoms with Crippen LogP contribution in [0.2, 0.25) is 0 Å². The molecule has 5 rings (SSSR count). The van der Waals surface area contributed by atoms with Gasteiger partial charge in [0.2, 0.25) is 5.91 Å². The van der Waals surface area contributed by atoms with Crippen molar-refractivity contribution in [3.05, 3.63) is 45.5 Å². The van der Waals surface area contributed by atoms with Gasteiger partial charge in [0.25, 0.3) is 5.56 Å². The lowest BCUT2D eigenvalue weighted by atomic mass is 9.82. The summed E-state index contributed by atoms with van der Waals surface area (Å²) in [4.78, 5) is 37.7. The number of pyridine rings is 1. The molecule has 138 valence electrons. The number of aryl methyl sites for hydroxylation is 1. The fourth-order valence-electron chi connectivity index (χ4n) is 4.56. The highest BCUT2D eigenvalue weighted by atomic mass is 32.1. The summed E-state index contributed by atoms with van der Waals surface area (Å²) in [5.74, 6) is 0.674. The highest BCUT2D eigenvalue weighted by molar-refractivity contribution is 7.18. The molecule has 5 heterocycles. The molecule has 3 aromatic rings. The Balaban J connectivity index is 1.65. The van der Waals surface area contributed by atoms with E-state index < -0.39 is 0 Å². The number of rotatable bonds is 1.